The molecule has 1 saturated heterocycles. The summed E-state index contributed by atoms with van der Waals surface area (Å²) in [6.45, 7) is 3.63. The topological polar surface area (TPSA) is 89.1 Å². The summed E-state index contributed by atoms with van der Waals surface area (Å²) >= 11 is 0. The van der Waals surface area contributed by atoms with Gasteiger partial charge < -0.3 is 19.3 Å². The molecule has 8 heteroatoms. The third-order valence-electron chi connectivity index (χ3n) is 5.11. The van der Waals surface area contributed by atoms with Gasteiger partial charge in [-0.25, -0.2) is 9.78 Å². The Morgan fingerprint density at radius 2 is 2.19 bits per heavy atom. The number of likely N-dealkylation sites (tertiary alicyclic amines) is 1. The number of amides is 2. The highest BCUT2D eigenvalue weighted by Crippen LogP contribution is 2.28. The summed E-state index contributed by atoms with van der Waals surface area (Å²) in [7, 11) is 2.05. The SMILES string of the molecule is CCc1nc(CNC(=O)N2CCC[C@@H](c3nc4ccccc4n3C)C2)no1. The van der Waals surface area contributed by atoms with Crippen LogP contribution in [-0.2, 0) is 20.0 Å². The molecule has 0 spiro atoms. The highest BCUT2D eigenvalue weighted by atomic mass is 16.5. The van der Waals surface area contributed by atoms with E-state index in [9.17, 15) is 4.79 Å². The monoisotopic (exact) mass is 368 g/mol. The van der Waals surface area contributed by atoms with Crippen molar-refractivity contribution in [3.8, 4) is 0 Å². The number of hydrogen-bond acceptors (Lipinski definition) is 5. The summed E-state index contributed by atoms with van der Waals surface area (Å²) in [5.74, 6) is 2.36. The lowest BCUT2D eigenvalue weighted by atomic mass is 9.97. The van der Waals surface area contributed by atoms with Gasteiger partial charge in [0.1, 0.15) is 5.82 Å². The lowest BCUT2D eigenvalue weighted by Gasteiger charge is -2.32. The van der Waals surface area contributed by atoms with Gasteiger partial charge >= 0.3 is 6.03 Å². The normalized spacial score (nSPS) is 17.4. The third-order valence-corrected chi connectivity index (χ3v) is 5.11. The maximum atomic E-state index is 12.6. The second kappa shape index (κ2) is 7.38. The molecule has 3 heterocycles. The number of carbonyl (C=O) groups is 1. The molecular formula is C19H24N6O2. The maximum absolute atomic E-state index is 12.6. The standard InChI is InChI=1S/C19H24N6O2/c1-3-17-22-16(23-27-17)11-20-19(26)25-10-6-7-13(12-25)18-21-14-8-4-5-9-15(14)24(18)2/h4-5,8-9,13H,3,6-7,10-12H2,1-2H3,(H,20,26)/t13-/m1/s1. The summed E-state index contributed by atoms with van der Waals surface area (Å²) in [5.41, 5.74) is 2.12. The minimum absolute atomic E-state index is 0.0960. The molecular weight excluding hydrogens is 344 g/mol. The number of carbonyl (C=O) groups excluding carboxylic acids is 1. The van der Waals surface area contributed by atoms with Crippen molar-refractivity contribution in [1.29, 1.82) is 0 Å². The van der Waals surface area contributed by atoms with Crippen molar-refractivity contribution in [2.45, 2.75) is 38.6 Å². The Morgan fingerprint density at radius 1 is 1.33 bits per heavy atom. The first kappa shape index (κ1) is 17.5. The van der Waals surface area contributed by atoms with Crippen molar-refractivity contribution >= 4 is 17.1 Å². The number of aromatic nitrogens is 4. The van der Waals surface area contributed by atoms with Crippen molar-refractivity contribution in [3.05, 3.63) is 41.8 Å². The predicted octanol–water partition coefficient (Wildman–Crippen LogP) is 2.61. The Kier molecular flexibility index (Phi) is 4.79. The molecule has 142 valence electrons. The first-order chi connectivity index (χ1) is 13.2. The van der Waals surface area contributed by atoms with E-state index in [2.05, 4.69) is 26.1 Å². The average molecular weight is 368 g/mol. The van der Waals surface area contributed by atoms with Crippen molar-refractivity contribution in [1.82, 2.24) is 29.9 Å². The van der Waals surface area contributed by atoms with Crippen LogP contribution in [0.3, 0.4) is 0 Å². The van der Waals surface area contributed by atoms with Crippen LogP contribution in [0.4, 0.5) is 4.79 Å². The number of hydrogen-bond donors (Lipinski definition) is 1. The molecule has 1 aromatic carbocycles. The van der Waals surface area contributed by atoms with Crippen LogP contribution >= 0.6 is 0 Å². The molecule has 1 atom stereocenters. The number of fused-ring (bicyclic) bond motifs is 1. The Labute approximate surface area is 157 Å². The van der Waals surface area contributed by atoms with Crippen molar-refractivity contribution in [3.63, 3.8) is 0 Å². The second-order valence-corrected chi connectivity index (χ2v) is 6.92. The van der Waals surface area contributed by atoms with Crippen LogP contribution in [0.5, 0.6) is 0 Å². The molecule has 0 bridgehead atoms. The number of urea groups is 1. The third kappa shape index (κ3) is 3.51. The zero-order valence-corrected chi connectivity index (χ0v) is 15.7. The van der Waals surface area contributed by atoms with E-state index >= 15 is 0 Å². The number of nitrogens with one attached hydrogen (secondary N) is 1. The van der Waals surface area contributed by atoms with Gasteiger partial charge in [0.05, 0.1) is 17.6 Å². The molecule has 0 saturated carbocycles. The van der Waals surface area contributed by atoms with Gasteiger partial charge in [-0.2, -0.15) is 4.98 Å². The number of imidazole rings is 1. The van der Waals surface area contributed by atoms with Gasteiger partial charge in [-0.3, -0.25) is 0 Å². The van der Waals surface area contributed by atoms with Crippen LogP contribution < -0.4 is 5.32 Å². The van der Waals surface area contributed by atoms with E-state index in [1.807, 2.05) is 37.1 Å². The largest absolute Gasteiger partial charge is 0.339 e. The van der Waals surface area contributed by atoms with Crippen molar-refractivity contribution < 1.29 is 9.32 Å². The fourth-order valence-electron chi connectivity index (χ4n) is 3.67. The molecule has 3 aromatic rings. The number of aryl methyl sites for hydroxylation is 2. The van der Waals surface area contributed by atoms with Crippen molar-refractivity contribution in [2.75, 3.05) is 13.1 Å². The van der Waals surface area contributed by atoms with Crippen LogP contribution in [0.25, 0.3) is 11.0 Å². The molecule has 8 nitrogen and oxygen atoms in total. The van der Waals surface area contributed by atoms with Gasteiger partial charge in [0.25, 0.3) is 0 Å². The molecule has 1 aliphatic rings. The van der Waals surface area contributed by atoms with E-state index in [1.165, 1.54) is 0 Å². The highest BCUT2D eigenvalue weighted by Gasteiger charge is 2.28. The highest BCUT2D eigenvalue weighted by molar-refractivity contribution is 5.76. The first-order valence-electron chi connectivity index (χ1n) is 9.41. The minimum Gasteiger partial charge on any atom is -0.339 e. The molecule has 0 radical (unpaired) electrons. The maximum Gasteiger partial charge on any atom is 0.317 e. The summed E-state index contributed by atoms with van der Waals surface area (Å²) < 4.78 is 7.22. The van der Waals surface area contributed by atoms with E-state index in [0.717, 1.165) is 36.2 Å². The van der Waals surface area contributed by atoms with Crippen LogP contribution in [0.1, 0.15) is 43.2 Å². The fraction of sp³-hybridized carbons (Fsp3) is 0.474. The lowest BCUT2D eigenvalue weighted by Crippen LogP contribution is -2.45. The zero-order chi connectivity index (χ0) is 18.8. The first-order valence-corrected chi connectivity index (χ1v) is 9.41. The van der Waals surface area contributed by atoms with Gasteiger partial charge in [0.2, 0.25) is 5.89 Å². The summed E-state index contributed by atoms with van der Waals surface area (Å²) in [5, 5.41) is 6.76. The Balaban J connectivity index is 1.42. The van der Waals surface area contributed by atoms with Gasteiger partial charge in [-0.1, -0.05) is 24.2 Å². The number of rotatable bonds is 4. The molecule has 4 rings (SSSR count). The van der Waals surface area contributed by atoms with Crippen LogP contribution in [0.15, 0.2) is 28.8 Å². The lowest BCUT2D eigenvalue weighted by molar-refractivity contribution is 0.177. The molecule has 2 aromatic heterocycles. The Morgan fingerprint density at radius 3 is 2.96 bits per heavy atom. The van der Waals surface area contributed by atoms with E-state index in [4.69, 9.17) is 9.51 Å². The smallest absolute Gasteiger partial charge is 0.317 e. The summed E-state index contributed by atoms with van der Waals surface area (Å²) in [4.78, 5) is 23.5. The van der Waals surface area contributed by atoms with E-state index in [1.54, 1.807) is 0 Å². The fourth-order valence-corrected chi connectivity index (χ4v) is 3.67. The van der Waals surface area contributed by atoms with Gasteiger partial charge in [0, 0.05) is 32.5 Å². The summed E-state index contributed by atoms with van der Waals surface area (Å²) in [6, 6.07) is 8.04. The molecule has 27 heavy (non-hydrogen) atoms. The van der Waals surface area contributed by atoms with E-state index in [0.29, 0.717) is 24.7 Å². The number of benzene rings is 1. The quantitative estimate of drug-likeness (QED) is 0.765. The zero-order valence-electron chi connectivity index (χ0n) is 15.7. The van der Waals surface area contributed by atoms with Crippen molar-refractivity contribution in [2.24, 2.45) is 7.05 Å². The molecule has 1 aliphatic heterocycles. The number of piperidine rings is 1. The van der Waals surface area contributed by atoms with Gasteiger partial charge in [-0.15, -0.1) is 0 Å². The predicted molar refractivity (Wildman–Crippen MR) is 100 cm³/mol. The number of nitrogens with zero attached hydrogens (tertiary/aromatic N) is 5. The average Bonchev–Trinajstić information content (AvgIpc) is 3.31. The van der Waals surface area contributed by atoms with Gasteiger partial charge in [0.15, 0.2) is 5.82 Å². The van der Waals surface area contributed by atoms with E-state index in [-0.39, 0.29) is 18.5 Å². The van der Waals surface area contributed by atoms with Crippen LogP contribution in [0.2, 0.25) is 0 Å². The Hall–Kier alpha value is -2.90. The van der Waals surface area contributed by atoms with Crippen LogP contribution in [-0.4, -0.2) is 43.7 Å². The molecule has 0 unspecified atom stereocenters. The molecule has 2 amide bonds. The second-order valence-electron chi connectivity index (χ2n) is 6.92. The summed E-state index contributed by atoms with van der Waals surface area (Å²) in [6.07, 6.45) is 2.68. The number of para-hydroxylation sites is 2. The Bertz CT molecular complexity index is 947. The van der Waals surface area contributed by atoms with Crippen LogP contribution in [0, 0.1) is 0 Å². The van der Waals surface area contributed by atoms with Gasteiger partial charge in [-0.05, 0) is 25.0 Å². The molecule has 1 fully saturated rings. The molecule has 0 aliphatic carbocycles. The molecule has 1 N–H and O–H groups in total. The minimum atomic E-state index is -0.0960. The van der Waals surface area contributed by atoms with E-state index < -0.39 is 0 Å².